The molecule has 1 heterocycles. The minimum atomic E-state index is -1.20. The molecule has 1 aromatic heterocycles. The van der Waals surface area contributed by atoms with Gasteiger partial charge in [-0.3, -0.25) is 4.79 Å². The molecule has 0 fully saturated rings. The number of nitrogens with zero attached hydrogens (tertiary/aromatic N) is 1. The number of halogens is 1. The van der Waals surface area contributed by atoms with Crippen molar-refractivity contribution in [1.29, 1.82) is 0 Å². The molecule has 0 unspecified atom stereocenters. The smallest absolute Gasteiger partial charge is 0.340 e. The van der Waals surface area contributed by atoms with Crippen molar-refractivity contribution in [3.63, 3.8) is 0 Å². The fourth-order valence-corrected chi connectivity index (χ4v) is 2.39. The molecule has 0 saturated carbocycles. The molecule has 104 valence electrons. The van der Waals surface area contributed by atoms with Crippen LogP contribution in [-0.2, 0) is 0 Å². The van der Waals surface area contributed by atoms with Gasteiger partial charge in [0.1, 0.15) is 16.4 Å². The van der Waals surface area contributed by atoms with Crippen LogP contribution in [0.15, 0.2) is 18.2 Å². The fraction of sp³-hybridized carbons (Fsp3) is 0.0833. The van der Waals surface area contributed by atoms with Crippen molar-refractivity contribution in [1.82, 2.24) is 4.37 Å². The summed E-state index contributed by atoms with van der Waals surface area (Å²) in [5, 5.41) is 11.5. The number of aromatic nitrogens is 1. The molecule has 0 radical (unpaired) electrons. The second kappa shape index (κ2) is 5.25. The number of anilines is 2. The van der Waals surface area contributed by atoms with Gasteiger partial charge in [-0.2, -0.15) is 4.37 Å². The predicted molar refractivity (Wildman–Crippen MR) is 72.6 cm³/mol. The van der Waals surface area contributed by atoms with Crippen LogP contribution in [0.1, 0.15) is 26.4 Å². The van der Waals surface area contributed by atoms with Gasteiger partial charge in [0.2, 0.25) is 0 Å². The molecule has 0 saturated heterocycles. The third-order valence-corrected chi connectivity index (χ3v) is 3.42. The molecule has 0 atom stereocenters. The van der Waals surface area contributed by atoms with E-state index in [4.69, 9.17) is 10.8 Å². The summed E-state index contributed by atoms with van der Waals surface area (Å²) in [6.45, 7) is 1.52. The standard InChI is InChI=1S/C12H10FN3O3S/c1-5-9(12(18)19)11(20-16-5)15-10(17)7-4-6(13)2-3-8(7)14/h2-4H,14H2,1H3,(H,15,17)(H,18,19). The molecule has 1 amide bonds. The lowest BCUT2D eigenvalue weighted by molar-refractivity contribution is 0.0697. The third-order valence-electron chi connectivity index (χ3n) is 2.56. The highest BCUT2D eigenvalue weighted by molar-refractivity contribution is 7.11. The Bertz CT molecular complexity index is 699. The average Bonchev–Trinajstić information content (AvgIpc) is 2.73. The van der Waals surface area contributed by atoms with E-state index in [0.29, 0.717) is 5.69 Å². The van der Waals surface area contributed by atoms with E-state index >= 15 is 0 Å². The maximum Gasteiger partial charge on any atom is 0.340 e. The number of carboxylic acids is 1. The molecule has 0 spiro atoms. The molecule has 0 aliphatic rings. The Balaban J connectivity index is 2.33. The fourth-order valence-electron chi connectivity index (χ4n) is 1.60. The van der Waals surface area contributed by atoms with E-state index in [2.05, 4.69) is 9.69 Å². The Morgan fingerprint density at radius 2 is 2.15 bits per heavy atom. The van der Waals surface area contributed by atoms with Gasteiger partial charge < -0.3 is 16.2 Å². The largest absolute Gasteiger partial charge is 0.478 e. The van der Waals surface area contributed by atoms with Crippen LogP contribution in [0.5, 0.6) is 0 Å². The van der Waals surface area contributed by atoms with Gasteiger partial charge in [-0.25, -0.2) is 9.18 Å². The van der Waals surface area contributed by atoms with Crippen LogP contribution in [-0.4, -0.2) is 21.4 Å². The number of nitrogen functional groups attached to an aromatic ring is 1. The summed E-state index contributed by atoms with van der Waals surface area (Å²) in [5.41, 5.74) is 5.84. The van der Waals surface area contributed by atoms with Gasteiger partial charge in [0.15, 0.2) is 0 Å². The number of carboxylic acid groups (broad SMARTS) is 1. The molecule has 20 heavy (non-hydrogen) atoms. The number of rotatable bonds is 3. The van der Waals surface area contributed by atoms with Gasteiger partial charge in [0.05, 0.1) is 11.3 Å². The van der Waals surface area contributed by atoms with Gasteiger partial charge in [-0.1, -0.05) is 0 Å². The van der Waals surface area contributed by atoms with E-state index < -0.39 is 17.7 Å². The summed E-state index contributed by atoms with van der Waals surface area (Å²) >= 11 is 0.840. The Labute approximate surface area is 117 Å². The van der Waals surface area contributed by atoms with E-state index in [0.717, 1.165) is 23.7 Å². The quantitative estimate of drug-likeness (QED) is 0.752. The minimum absolute atomic E-state index is 0.0626. The number of nitrogens with two attached hydrogens (primary N) is 1. The van der Waals surface area contributed by atoms with Crippen LogP contribution < -0.4 is 11.1 Å². The van der Waals surface area contributed by atoms with Crippen molar-refractivity contribution < 1.29 is 19.1 Å². The lowest BCUT2D eigenvalue weighted by Crippen LogP contribution is -2.15. The Kier molecular flexibility index (Phi) is 3.66. The first kappa shape index (κ1) is 13.9. The van der Waals surface area contributed by atoms with E-state index in [9.17, 15) is 14.0 Å². The highest BCUT2D eigenvalue weighted by Crippen LogP contribution is 2.25. The van der Waals surface area contributed by atoms with E-state index in [1.807, 2.05) is 0 Å². The van der Waals surface area contributed by atoms with Crippen molar-refractivity contribution >= 4 is 34.1 Å². The van der Waals surface area contributed by atoms with Gasteiger partial charge in [0.25, 0.3) is 5.91 Å². The first-order chi connectivity index (χ1) is 9.40. The van der Waals surface area contributed by atoms with Gasteiger partial charge >= 0.3 is 5.97 Å². The summed E-state index contributed by atoms with van der Waals surface area (Å²) in [4.78, 5) is 23.1. The third kappa shape index (κ3) is 2.59. The van der Waals surface area contributed by atoms with Crippen LogP contribution in [0, 0.1) is 12.7 Å². The minimum Gasteiger partial charge on any atom is -0.478 e. The SMILES string of the molecule is Cc1nsc(NC(=O)c2cc(F)ccc2N)c1C(=O)O. The van der Waals surface area contributed by atoms with Crippen LogP contribution in [0.2, 0.25) is 0 Å². The van der Waals surface area contributed by atoms with E-state index in [1.165, 1.54) is 13.0 Å². The second-order valence-corrected chi connectivity index (χ2v) is 4.74. The highest BCUT2D eigenvalue weighted by Gasteiger charge is 2.20. The van der Waals surface area contributed by atoms with Crippen molar-refractivity contribution in [2.24, 2.45) is 0 Å². The first-order valence-electron chi connectivity index (χ1n) is 5.46. The van der Waals surface area contributed by atoms with Gasteiger partial charge in [-0.05, 0) is 36.7 Å². The Morgan fingerprint density at radius 3 is 2.80 bits per heavy atom. The van der Waals surface area contributed by atoms with Crippen LogP contribution in [0.25, 0.3) is 0 Å². The number of hydrogen-bond donors (Lipinski definition) is 3. The van der Waals surface area contributed by atoms with Gasteiger partial charge in [0, 0.05) is 5.69 Å². The molecule has 6 nitrogen and oxygen atoms in total. The Hall–Kier alpha value is -2.48. The van der Waals surface area contributed by atoms with Crippen molar-refractivity contribution in [2.75, 3.05) is 11.1 Å². The van der Waals surface area contributed by atoms with Crippen LogP contribution >= 0.6 is 11.5 Å². The molecule has 0 aliphatic carbocycles. The molecule has 2 rings (SSSR count). The zero-order valence-corrected chi connectivity index (χ0v) is 11.1. The normalized spacial score (nSPS) is 10.3. The zero-order chi connectivity index (χ0) is 14.9. The van der Waals surface area contributed by atoms with E-state index in [1.54, 1.807) is 0 Å². The number of benzene rings is 1. The van der Waals surface area contributed by atoms with Crippen molar-refractivity contribution in [3.05, 3.63) is 40.8 Å². The molecule has 4 N–H and O–H groups in total. The molecule has 2 aromatic rings. The van der Waals surface area contributed by atoms with Crippen LogP contribution in [0.4, 0.5) is 15.1 Å². The topological polar surface area (TPSA) is 105 Å². The lowest BCUT2D eigenvalue weighted by atomic mass is 10.1. The molecule has 1 aromatic carbocycles. The number of carbonyl (C=O) groups excluding carboxylic acids is 1. The maximum absolute atomic E-state index is 13.1. The summed E-state index contributed by atoms with van der Waals surface area (Å²) in [6, 6.07) is 3.38. The molecule has 8 heteroatoms. The summed E-state index contributed by atoms with van der Waals surface area (Å²) < 4.78 is 17.0. The average molecular weight is 295 g/mol. The second-order valence-electron chi connectivity index (χ2n) is 3.96. The maximum atomic E-state index is 13.1. The Morgan fingerprint density at radius 1 is 1.45 bits per heavy atom. The molecular weight excluding hydrogens is 285 g/mol. The number of nitrogens with one attached hydrogen (secondary N) is 1. The summed E-state index contributed by atoms with van der Waals surface area (Å²) in [7, 11) is 0. The van der Waals surface area contributed by atoms with Crippen molar-refractivity contribution in [2.45, 2.75) is 6.92 Å². The number of amides is 1. The number of carbonyl (C=O) groups is 2. The number of aryl methyl sites for hydroxylation is 1. The summed E-state index contributed by atoms with van der Waals surface area (Å²) in [6.07, 6.45) is 0. The molecule has 0 aliphatic heterocycles. The predicted octanol–water partition coefficient (Wildman–Crippen LogP) is 2.12. The van der Waals surface area contributed by atoms with Crippen molar-refractivity contribution in [3.8, 4) is 0 Å². The lowest BCUT2D eigenvalue weighted by Gasteiger charge is -2.06. The number of aromatic carboxylic acids is 1. The highest BCUT2D eigenvalue weighted by atomic mass is 32.1. The molecule has 0 bridgehead atoms. The number of hydrogen-bond acceptors (Lipinski definition) is 5. The monoisotopic (exact) mass is 295 g/mol. The first-order valence-corrected chi connectivity index (χ1v) is 6.23. The van der Waals surface area contributed by atoms with Crippen LogP contribution in [0.3, 0.4) is 0 Å². The zero-order valence-electron chi connectivity index (χ0n) is 10.3. The van der Waals surface area contributed by atoms with E-state index in [-0.39, 0.29) is 21.8 Å². The molecular formula is C12H10FN3O3S. The van der Waals surface area contributed by atoms with Gasteiger partial charge in [-0.15, -0.1) is 0 Å². The summed E-state index contributed by atoms with van der Waals surface area (Å²) in [5.74, 6) is -2.49.